The quantitative estimate of drug-likeness (QED) is 0.443. The first-order valence-electron chi connectivity index (χ1n) is 10.9. The summed E-state index contributed by atoms with van der Waals surface area (Å²) in [6, 6.07) is 9.16. The molecule has 0 aromatic heterocycles. The number of amides is 2. The number of halogens is 3. The Balaban J connectivity index is 1.46. The van der Waals surface area contributed by atoms with E-state index in [1.54, 1.807) is 24.3 Å². The average molecular weight is 509 g/mol. The lowest BCUT2D eigenvalue weighted by Crippen LogP contribution is -2.50. The smallest absolute Gasteiger partial charge is 0.417 e. The van der Waals surface area contributed by atoms with E-state index in [0.717, 1.165) is 23.4 Å². The van der Waals surface area contributed by atoms with E-state index >= 15 is 0 Å². The maximum Gasteiger partial charge on any atom is 0.417 e. The van der Waals surface area contributed by atoms with Gasteiger partial charge in [0, 0.05) is 54.0 Å². The second-order valence-corrected chi connectivity index (χ2v) is 9.01. The number of carbonyl (C=O) groups excluding carboxylic acids is 2. The summed E-state index contributed by atoms with van der Waals surface area (Å²) in [6.07, 6.45) is -1.78. The van der Waals surface area contributed by atoms with Gasteiger partial charge < -0.3 is 19.4 Å². The Labute approximate surface area is 204 Å². The molecule has 2 aromatic rings. The highest BCUT2D eigenvalue weighted by atomic mass is 32.2. The molecule has 0 atom stereocenters. The van der Waals surface area contributed by atoms with Crippen LogP contribution in [0.15, 0.2) is 52.3 Å². The summed E-state index contributed by atoms with van der Waals surface area (Å²) in [4.78, 5) is 37.8. The van der Waals surface area contributed by atoms with Crippen LogP contribution in [-0.2, 0) is 27.0 Å². The molecule has 1 saturated heterocycles. The lowest BCUT2D eigenvalue weighted by molar-refractivity contribution is -0.215. The molecule has 186 valence electrons. The van der Waals surface area contributed by atoms with E-state index in [9.17, 15) is 22.8 Å². The minimum atomic E-state index is -4.56. The standard InChI is InChI=1S/C24H23F3N2O5S/c1-32-23(31)29-11-9-28(10-12-29)22(30)7-3-16-2-6-21(19(14-16)24(25,26)27)35-18-4-5-20-17(15-18)8-13-33-34-20/h2-7,14-15H,8-13H2,1H3. The van der Waals surface area contributed by atoms with Crippen LogP contribution in [0.25, 0.3) is 6.08 Å². The van der Waals surface area contributed by atoms with Gasteiger partial charge in [-0.1, -0.05) is 17.8 Å². The zero-order valence-electron chi connectivity index (χ0n) is 18.8. The van der Waals surface area contributed by atoms with Crippen molar-refractivity contribution in [1.82, 2.24) is 9.80 Å². The molecular weight excluding hydrogens is 485 g/mol. The molecule has 2 aliphatic rings. The molecule has 2 aliphatic heterocycles. The van der Waals surface area contributed by atoms with Crippen LogP contribution in [0.4, 0.5) is 18.0 Å². The molecule has 0 aliphatic carbocycles. The van der Waals surface area contributed by atoms with Gasteiger partial charge in [-0.05, 0) is 42.0 Å². The number of nitrogens with zero attached hydrogens (tertiary/aromatic N) is 2. The third-order valence-corrected chi connectivity index (χ3v) is 6.68. The maximum absolute atomic E-state index is 13.8. The summed E-state index contributed by atoms with van der Waals surface area (Å²) in [7, 11) is 1.29. The first kappa shape index (κ1) is 24.9. The number of rotatable bonds is 4. The zero-order chi connectivity index (χ0) is 25.0. The van der Waals surface area contributed by atoms with Crippen LogP contribution in [0.5, 0.6) is 5.75 Å². The number of methoxy groups -OCH3 is 1. The van der Waals surface area contributed by atoms with Gasteiger partial charge in [-0.3, -0.25) is 4.79 Å². The third kappa shape index (κ3) is 6.09. The Kier molecular flexibility index (Phi) is 7.56. The molecule has 0 unspecified atom stereocenters. The maximum atomic E-state index is 13.8. The van der Waals surface area contributed by atoms with Crippen LogP contribution in [0.2, 0.25) is 0 Å². The van der Waals surface area contributed by atoms with E-state index in [0.29, 0.717) is 49.9 Å². The molecule has 0 bridgehead atoms. The molecule has 1 fully saturated rings. The zero-order valence-corrected chi connectivity index (χ0v) is 19.7. The molecule has 0 saturated carbocycles. The fraction of sp³-hybridized carbons (Fsp3) is 0.333. The summed E-state index contributed by atoms with van der Waals surface area (Å²) in [5.74, 6) is 0.232. The number of hydrogen-bond donors (Lipinski definition) is 0. The monoisotopic (exact) mass is 508 g/mol. The summed E-state index contributed by atoms with van der Waals surface area (Å²) >= 11 is 1.02. The number of carbonyl (C=O) groups is 2. The minimum Gasteiger partial charge on any atom is -0.453 e. The highest BCUT2D eigenvalue weighted by molar-refractivity contribution is 7.99. The predicted octanol–water partition coefficient (Wildman–Crippen LogP) is 4.65. The highest BCUT2D eigenvalue weighted by Gasteiger charge is 2.34. The average Bonchev–Trinajstić information content (AvgIpc) is 2.86. The van der Waals surface area contributed by atoms with Gasteiger partial charge in [-0.25, -0.2) is 4.79 Å². The SMILES string of the molecule is COC(=O)N1CCN(C(=O)C=Cc2ccc(Sc3ccc4c(c3)CCOO4)c(C(F)(F)F)c2)CC1. The molecule has 0 spiro atoms. The van der Waals surface area contributed by atoms with Gasteiger partial charge in [0.2, 0.25) is 5.91 Å². The van der Waals surface area contributed by atoms with Gasteiger partial charge in [-0.2, -0.15) is 18.1 Å². The second-order valence-electron chi connectivity index (χ2n) is 7.90. The normalized spacial score (nSPS) is 16.1. The summed E-state index contributed by atoms with van der Waals surface area (Å²) < 4.78 is 46.2. The van der Waals surface area contributed by atoms with Gasteiger partial charge in [0.05, 0.1) is 19.3 Å². The summed E-state index contributed by atoms with van der Waals surface area (Å²) in [5, 5.41) is 0. The van der Waals surface area contributed by atoms with Crippen molar-refractivity contribution in [2.75, 3.05) is 39.9 Å². The molecular formula is C24H23F3N2O5S. The number of benzene rings is 2. The number of ether oxygens (including phenoxy) is 1. The van der Waals surface area contributed by atoms with Crippen LogP contribution in [0, 0.1) is 0 Å². The number of alkyl halides is 3. The fourth-order valence-electron chi connectivity index (χ4n) is 3.75. The van der Waals surface area contributed by atoms with Crippen molar-refractivity contribution in [1.29, 1.82) is 0 Å². The first-order chi connectivity index (χ1) is 16.7. The Bertz CT molecular complexity index is 1130. The molecule has 35 heavy (non-hydrogen) atoms. The predicted molar refractivity (Wildman–Crippen MR) is 122 cm³/mol. The number of piperazine rings is 1. The molecule has 0 N–H and O–H groups in total. The van der Waals surface area contributed by atoms with Crippen molar-refractivity contribution in [2.45, 2.75) is 22.4 Å². The lowest BCUT2D eigenvalue weighted by atomic mass is 10.1. The molecule has 0 radical (unpaired) electrons. The van der Waals surface area contributed by atoms with Crippen LogP contribution in [0.3, 0.4) is 0 Å². The fourth-order valence-corrected chi connectivity index (χ4v) is 4.76. The van der Waals surface area contributed by atoms with Crippen molar-refractivity contribution in [3.63, 3.8) is 0 Å². The molecule has 11 heteroatoms. The molecule has 2 amide bonds. The van der Waals surface area contributed by atoms with E-state index in [2.05, 4.69) is 4.74 Å². The summed E-state index contributed by atoms with van der Waals surface area (Å²) in [5.41, 5.74) is 0.362. The van der Waals surface area contributed by atoms with Crippen molar-refractivity contribution < 1.29 is 37.3 Å². The lowest BCUT2D eigenvalue weighted by Gasteiger charge is -2.33. The van der Waals surface area contributed by atoms with Crippen LogP contribution in [-0.4, -0.2) is 61.7 Å². The van der Waals surface area contributed by atoms with Gasteiger partial charge in [-0.15, -0.1) is 0 Å². The first-order valence-corrected chi connectivity index (χ1v) is 11.7. The Morgan fingerprint density at radius 3 is 2.51 bits per heavy atom. The van der Waals surface area contributed by atoms with Gasteiger partial charge in [0.1, 0.15) is 0 Å². The Morgan fingerprint density at radius 1 is 1.06 bits per heavy atom. The van der Waals surface area contributed by atoms with Gasteiger partial charge >= 0.3 is 12.3 Å². The van der Waals surface area contributed by atoms with Crippen LogP contribution in [0.1, 0.15) is 16.7 Å². The van der Waals surface area contributed by atoms with E-state index in [-0.39, 0.29) is 16.4 Å². The Hall–Kier alpha value is -3.18. The third-order valence-electron chi connectivity index (χ3n) is 5.61. The van der Waals surface area contributed by atoms with E-state index in [4.69, 9.17) is 9.78 Å². The van der Waals surface area contributed by atoms with E-state index in [1.807, 2.05) is 0 Å². The largest absolute Gasteiger partial charge is 0.453 e. The Morgan fingerprint density at radius 2 is 1.80 bits per heavy atom. The second kappa shape index (κ2) is 10.6. The van der Waals surface area contributed by atoms with Crippen LogP contribution >= 0.6 is 11.8 Å². The topological polar surface area (TPSA) is 68.3 Å². The molecule has 4 rings (SSSR count). The van der Waals surface area contributed by atoms with Gasteiger partial charge in [0.15, 0.2) is 5.75 Å². The molecule has 2 aromatic carbocycles. The minimum absolute atomic E-state index is 0.0628. The van der Waals surface area contributed by atoms with Crippen molar-refractivity contribution in [3.8, 4) is 5.75 Å². The number of hydrogen-bond acceptors (Lipinski definition) is 6. The highest BCUT2D eigenvalue weighted by Crippen LogP contribution is 2.41. The number of fused-ring (bicyclic) bond motifs is 1. The van der Waals surface area contributed by atoms with E-state index < -0.39 is 17.8 Å². The molecule has 7 nitrogen and oxygen atoms in total. The van der Waals surface area contributed by atoms with Crippen molar-refractivity contribution >= 4 is 29.8 Å². The van der Waals surface area contributed by atoms with Crippen molar-refractivity contribution in [2.24, 2.45) is 0 Å². The van der Waals surface area contributed by atoms with E-state index in [1.165, 1.54) is 35.1 Å². The van der Waals surface area contributed by atoms with Crippen molar-refractivity contribution in [3.05, 3.63) is 59.2 Å². The summed E-state index contributed by atoms with van der Waals surface area (Å²) in [6.45, 7) is 1.69. The molecule has 2 heterocycles. The van der Waals surface area contributed by atoms with Gasteiger partial charge in [0.25, 0.3) is 0 Å². The van der Waals surface area contributed by atoms with Crippen LogP contribution < -0.4 is 4.89 Å².